The normalized spacial score (nSPS) is 18.1. The Labute approximate surface area is 118 Å². The molecule has 0 radical (unpaired) electrons. The summed E-state index contributed by atoms with van der Waals surface area (Å²) in [6, 6.07) is 5.89. The van der Waals surface area contributed by atoms with Gasteiger partial charge >= 0.3 is 0 Å². The molecule has 0 amide bonds. The zero-order valence-corrected chi connectivity index (χ0v) is 11.7. The van der Waals surface area contributed by atoms with E-state index in [4.69, 9.17) is 4.74 Å². The van der Waals surface area contributed by atoms with Crippen LogP contribution in [0.5, 0.6) is 5.75 Å². The summed E-state index contributed by atoms with van der Waals surface area (Å²) < 4.78 is 6.14. The molecule has 1 unspecified atom stereocenters. The molecule has 2 N–H and O–H groups in total. The van der Waals surface area contributed by atoms with Crippen LogP contribution >= 0.6 is 0 Å². The predicted molar refractivity (Wildman–Crippen MR) is 78.9 cm³/mol. The van der Waals surface area contributed by atoms with Crippen LogP contribution in [0.3, 0.4) is 0 Å². The Balaban J connectivity index is 1.98. The quantitative estimate of drug-likeness (QED) is 0.901. The third-order valence-electron chi connectivity index (χ3n) is 3.82. The molecule has 0 bridgehead atoms. The smallest absolute Gasteiger partial charge is 0.126 e. The molecule has 1 aromatic heterocycles. The van der Waals surface area contributed by atoms with E-state index in [1.54, 1.807) is 13.1 Å². The third-order valence-corrected chi connectivity index (χ3v) is 3.82. The summed E-state index contributed by atoms with van der Waals surface area (Å²) in [6.07, 6.45) is 5.25. The second-order valence-electron chi connectivity index (χ2n) is 5.32. The minimum Gasteiger partial charge on any atom is -0.490 e. The number of pyridine rings is 1. The molecular weight excluding hydrogens is 252 g/mol. The molecule has 4 nitrogen and oxygen atoms in total. The molecule has 0 spiro atoms. The second kappa shape index (κ2) is 5.77. The molecule has 106 valence electrons. The summed E-state index contributed by atoms with van der Waals surface area (Å²) in [5.41, 5.74) is 0.864. The van der Waals surface area contributed by atoms with Crippen molar-refractivity contribution < 1.29 is 9.84 Å². The second-order valence-corrected chi connectivity index (χ2v) is 5.32. The van der Waals surface area contributed by atoms with E-state index in [0.29, 0.717) is 0 Å². The molecule has 1 aliphatic heterocycles. The van der Waals surface area contributed by atoms with Gasteiger partial charge in [-0.1, -0.05) is 0 Å². The Morgan fingerprint density at radius 1 is 1.30 bits per heavy atom. The van der Waals surface area contributed by atoms with E-state index in [9.17, 15) is 5.11 Å². The van der Waals surface area contributed by atoms with Gasteiger partial charge in [0.15, 0.2) is 0 Å². The monoisotopic (exact) mass is 272 g/mol. The summed E-state index contributed by atoms with van der Waals surface area (Å²) in [5, 5.41) is 15.5. The lowest BCUT2D eigenvalue weighted by molar-refractivity contribution is 0.149. The van der Waals surface area contributed by atoms with Gasteiger partial charge in [-0.15, -0.1) is 0 Å². The highest BCUT2D eigenvalue weighted by Gasteiger charge is 2.19. The SMILES string of the molecule is CC(O)c1c(OC2CCNCC2)ccc2cnccc12. The van der Waals surface area contributed by atoms with Crippen LogP contribution in [0.4, 0.5) is 0 Å². The van der Waals surface area contributed by atoms with Crippen LogP contribution < -0.4 is 10.1 Å². The zero-order chi connectivity index (χ0) is 13.9. The van der Waals surface area contributed by atoms with Crippen LogP contribution in [0.15, 0.2) is 30.6 Å². The van der Waals surface area contributed by atoms with Crippen LogP contribution in [0.25, 0.3) is 10.8 Å². The third kappa shape index (κ3) is 2.62. The number of nitrogens with zero attached hydrogens (tertiary/aromatic N) is 1. The molecule has 1 fully saturated rings. The van der Waals surface area contributed by atoms with Crippen molar-refractivity contribution in [1.82, 2.24) is 10.3 Å². The van der Waals surface area contributed by atoms with Crippen LogP contribution in [-0.2, 0) is 0 Å². The van der Waals surface area contributed by atoms with Crippen molar-refractivity contribution in [1.29, 1.82) is 0 Å². The Morgan fingerprint density at radius 3 is 2.85 bits per heavy atom. The van der Waals surface area contributed by atoms with E-state index in [1.165, 1.54) is 0 Å². The average molecular weight is 272 g/mol. The maximum atomic E-state index is 10.1. The molecule has 2 aromatic rings. The molecule has 1 atom stereocenters. The van der Waals surface area contributed by atoms with Crippen molar-refractivity contribution in [2.24, 2.45) is 0 Å². The number of nitrogens with one attached hydrogen (secondary N) is 1. The van der Waals surface area contributed by atoms with E-state index < -0.39 is 6.10 Å². The van der Waals surface area contributed by atoms with Gasteiger partial charge in [-0.3, -0.25) is 4.98 Å². The number of hydrogen-bond acceptors (Lipinski definition) is 4. The number of aromatic nitrogens is 1. The van der Waals surface area contributed by atoms with Gasteiger partial charge in [-0.25, -0.2) is 0 Å². The van der Waals surface area contributed by atoms with E-state index in [0.717, 1.165) is 48.0 Å². The molecule has 1 saturated heterocycles. The Morgan fingerprint density at radius 2 is 2.10 bits per heavy atom. The minimum absolute atomic E-state index is 0.230. The van der Waals surface area contributed by atoms with Crippen LogP contribution in [0.1, 0.15) is 31.4 Å². The van der Waals surface area contributed by atoms with Crippen molar-refractivity contribution in [3.05, 3.63) is 36.2 Å². The number of piperidine rings is 1. The number of ether oxygens (including phenoxy) is 1. The molecule has 4 heteroatoms. The van der Waals surface area contributed by atoms with E-state index in [-0.39, 0.29) is 6.10 Å². The first kappa shape index (κ1) is 13.3. The lowest BCUT2D eigenvalue weighted by Gasteiger charge is -2.26. The van der Waals surface area contributed by atoms with Crippen molar-refractivity contribution in [2.75, 3.05) is 13.1 Å². The molecule has 0 aliphatic carbocycles. The fourth-order valence-corrected chi connectivity index (χ4v) is 2.80. The van der Waals surface area contributed by atoms with Crippen molar-refractivity contribution >= 4 is 10.8 Å². The lowest BCUT2D eigenvalue weighted by Crippen LogP contribution is -2.34. The summed E-state index contributed by atoms with van der Waals surface area (Å²) >= 11 is 0. The summed E-state index contributed by atoms with van der Waals surface area (Å²) in [7, 11) is 0. The van der Waals surface area contributed by atoms with Gasteiger partial charge in [0.2, 0.25) is 0 Å². The molecule has 2 heterocycles. The molecule has 3 rings (SSSR count). The van der Waals surface area contributed by atoms with E-state index in [1.807, 2.05) is 24.4 Å². The Kier molecular flexibility index (Phi) is 3.85. The van der Waals surface area contributed by atoms with Crippen molar-refractivity contribution in [2.45, 2.75) is 32.0 Å². The fourth-order valence-electron chi connectivity index (χ4n) is 2.80. The van der Waals surface area contributed by atoms with Gasteiger partial charge in [0.1, 0.15) is 11.9 Å². The molecule has 1 aromatic carbocycles. The number of rotatable bonds is 3. The molecule has 1 aliphatic rings. The summed E-state index contributed by atoms with van der Waals surface area (Å²) in [6.45, 7) is 3.77. The lowest BCUT2D eigenvalue weighted by atomic mass is 10.0. The number of aliphatic hydroxyl groups is 1. The van der Waals surface area contributed by atoms with Gasteiger partial charge < -0.3 is 15.2 Å². The Bertz CT molecular complexity index is 592. The predicted octanol–water partition coefficient (Wildman–Crippen LogP) is 2.42. The van der Waals surface area contributed by atoms with Gasteiger partial charge in [0, 0.05) is 23.3 Å². The fraction of sp³-hybridized carbons (Fsp3) is 0.438. The first-order valence-corrected chi connectivity index (χ1v) is 7.18. The topological polar surface area (TPSA) is 54.4 Å². The molecule has 0 saturated carbocycles. The largest absolute Gasteiger partial charge is 0.490 e. The number of fused-ring (bicyclic) bond motifs is 1. The van der Waals surface area contributed by atoms with E-state index >= 15 is 0 Å². The van der Waals surface area contributed by atoms with Gasteiger partial charge in [-0.05, 0) is 56.4 Å². The number of benzene rings is 1. The first-order chi connectivity index (χ1) is 9.75. The molecular formula is C16H20N2O2. The van der Waals surface area contributed by atoms with Gasteiger partial charge in [-0.2, -0.15) is 0 Å². The Hall–Kier alpha value is -1.65. The number of hydrogen-bond donors (Lipinski definition) is 2. The van der Waals surface area contributed by atoms with Crippen molar-refractivity contribution in [3.8, 4) is 5.75 Å². The minimum atomic E-state index is -0.558. The van der Waals surface area contributed by atoms with Gasteiger partial charge in [0.05, 0.1) is 6.10 Å². The highest BCUT2D eigenvalue weighted by Crippen LogP contribution is 2.33. The number of aliphatic hydroxyl groups excluding tert-OH is 1. The highest BCUT2D eigenvalue weighted by atomic mass is 16.5. The molecule has 20 heavy (non-hydrogen) atoms. The highest BCUT2D eigenvalue weighted by molar-refractivity contribution is 5.87. The standard InChI is InChI=1S/C16H20N2O2/c1-11(19)16-14-6-9-18-10-12(14)2-3-15(16)20-13-4-7-17-8-5-13/h2-3,6,9-11,13,17,19H,4-5,7-8H2,1H3. The zero-order valence-electron chi connectivity index (χ0n) is 11.7. The van der Waals surface area contributed by atoms with Gasteiger partial charge in [0.25, 0.3) is 0 Å². The average Bonchev–Trinajstić information content (AvgIpc) is 2.47. The van der Waals surface area contributed by atoms with Crippen molar-refractivity contribution in [3.63, 3.8) is 0 Å². The van der Waals surface area contributed by atoms with Crippen LogP contribution in [0, 0.1) is 0 Å². The summed E-state index contributed by atoms with van der Waals surface area (Å²) in [4.78, 5) is 4.13. The van der Waals surface area contributed by atoms with Crippen LogP contribution in [0.2, 0.25) is 0 Å². The van der Waals surface area contributed by atoms with Crippen LogP contribution in [-0.4, -0.2) is 29.3 Å². The first-order valence-electron chi connectivity index (χ1n) is 7.18. The summed E-state index contributed by atoms with van der Waals surface area (Å²) in [5.74, 6) is 0.797. The maximum Gasteiger partial charge on any atom is 0.126 e. The maximum absolute atomic E-state index is 10.1. The van der Waals surface area contributed by atoms with E-state index in [2.05, 4.69) is 10.3 Å².